The number of benzene rings is 1. The van der Waals surface area contributed by atoms with E-state index in [1.54, 1.807) is 11.6 Å². The summed E-state index contributed by atoms with van der Waals surface area (Å²) in [4.78, 5) is 29.4. The number of thiazole rings is 1. The van der Waals surface area contributed by atoms with Crippen molar-refractivity contribution in [2.24, 2.45) is 0 Å². The van der Waals surface area contributed by atoms with Crippen molar-refractivity contribution in [2.75, 3.05) is 6.61 Å². The van der Waals surface area contributed by atoms with Gasteiger partial charge in [0.15, 0.2) is 4.96 Å². The van der Waals surface area contributed by atoms with Crippen LogP contribution in [0.15, 0.2) is 46.8 Å². The van der Waals surface area contributed by atoms with Crippen LogP contribution in [0, 0.1) is 0 Å². The maximum atomic E-state index is 12.4. The second-order valence-electron chi connectivity index (χ2n) is 5.54. The Morgan fingerprint density at radius 3 is 2.92 bits per heavy atom. The molecule has 0 bridgehead atoms. The van der Waals surface area contributed by atoms with E-state index in [-0.39, 0.29) is 11.1 Å². The normalized spacial score (nSPS) is 10.9. The summed E-state index contributed by atoms with van der Waals surface area (Å²) in [5, 5.41) is 4.56. The average molecular weight is 357 g/mol. The van der Waals surface area contributed by atoms with Gasteiger partial charge < -0.3 is 10.1 Å². The number of aromatic nitrogens is 2. The molecule has 130 valence electrons. The zero-order valence-electron chi connectivity index (χ0n) is 13.9. The minimum atomic E-state index is -0.428. The third-order valence-corrected chi connectivity index (χ3v) is 4.52. The van der Waals surface area contributed by atoms with Crippen LogP contribution in [0.5, 0.6) is 0 Å². The summed E-state index contributed by atoms with van der Waals surface area (Å²) >= 11 is 1.35. The zero-order chi connectivity index (χ0) is 17.6. The van der Waals surface area contributed by atoms with Crippen molar-refractivity contribution in [3.05, 3.63) is 69.1 Å². The molecule has 0 spiro atoms. The molecular formula is C18H19N3O3S. The number of nitrogens with zero attached hydrogens (tertiary/aromatic N) is 2. The Hall–Kier alpha value is -2.51. The second-order valence-corrected chi connectivity index (χ2v) is 6.41. The van der Waals surface area contributed by atoms with Gasteiger partial charge in [-0.15, -0.1) is 11.3 Å². The van der Waals surface area contributed by atoms with Crippen molar-refractivity contribution in [1.82, 2.24) is 14.7 Å². The molecule has 0 atom stereocenters. The van der Waals surface area contributed by atoms with E-state index in [9.17, 15) is 9.59 Å². The number of rotatable bonds is 7. The van der Waals surface area contributed by atoms with Crippen LogP contribution in [-0.4, -0.2) is 21.9 Å². The Kier molecular flexibility index (Phi) is 5.57. The van der Waals surface area contributed by atoms with Crippen molar-refractivity contribution in [3.63, 3.8) is 0 Å². The number of fused-ring (bicyclic) bond motifs is 1. The summed E-state index contributed by atoms with van der Waals surface area (Å²) in [7, 11) is 0. The lowest BCUT2D eigenvalue weighted by molar-refractivity contribution is 0.0947. The van der Waals surface area contributed by atoms with Crippen LogP contribution >= 0.6 is 11.3 Å². The van der Waals surface area contributed by atoms with Crippen molar-refractivity contribution in [2.45, 2.75) is 26.5 Å². The van der Waals surface area contributed by atoms with Crippen LogP contribution in [0.1, 0.15) is 34.8 Å². The topological polar surface area (TPSA) is 72.7 Å². The number of hydrogen-bond acceptors (Lipinski definition) is 5. The molecule has 0 saturated carbocycles. The van der Waals surface area contributed by atoms with E-state index in [2.05, 4.69) is 17.2 Å². The Bertz CT molecular complexity index is 932. The minimum absolute atomic E-state index is 0.0376. The quantitative estimate of drug-likeness (QED) is 0.660. The molecule has 1 aromatic carbocycles. The SMILES string of the molecule is CCCOCc1ccccc1CNC(=O)c1cnc2sccn2c1=O. The van der Waals surface area contributed by atoms with Gasteiger partial charge in [0.1, 0.15) is 5.56 Å². The second kappa shape index (κ2) is 8.04. The van der Waals surface area contributed by atoms with Gasteiger partial charge in [-0.05, 0) is 17.5 Å². The molecule has 7 heteroatoms. The molecular weight excluding hydrogens is 338 g/mol. The predicted molar refractivity (Wildman–Crippen MR) is 96.9 cm³/mol. The van der Waals surface area contributed by atoms with Gasteiger partial charge in [-0.3, -0.25) is 14.0 Å². The van der Waals surface area contributed by atoms with Crippen molar-refractivity contribution >= 4 is 22.2 Å². The van der Waals surface area contributed by atoms with Gasteiger partial charge in [0.2, 0.25) is 0 Å². The highest BCUT2D eigenvalue weighted by Gasteiger charge is 2.14. The smallest absolute Gasteiger partial charge is 0.271 e. The van der Waals surface area contributed by atoms with Crippen molar-refractivity contribution in [3.8, 4) is 0 Å². The number of carbonyl (C=O) groups excluding carboxylic acids is 1. The largest absolute Gasteiger partial charge is 0.377 e. The van der Waals surface area contributed by atoms with Crippen LogP contribution < -0.4 is 10.9 Å². The van der Waals surface area contributed by atoms with E-state index in [1.807, 2.05) is 24.3 Å². The number of nitrogens with one attached hydrogen (secondary N) is 1. The Balaban J connectivity index is 1.71. The highest BCUT2D eigenvalue weighted by molar-refractivity contribution is 7.15. The molecule has 0 aliphatic heterocycles. The monoisotopic (exact) mass is 357 g/mol. The molecule has 0 unspecified atom stereocenters. The Labute approximate surface area is 149 Å². The van der Waals surface area contributed by atoms with E-state index in [4.69, 9.17) is 4.74 Å². The average Bonchev–Trinajstić information content (AvgIpc) is 3.11. The van der Waals surface area contributed by atoms with Crippen LogP contribution in [-0.2, 0) is 17.9 Å². The molecule has 25 heavy (non-hydrogen) atoms. The highest BCUT2D eigenvalue weighted by atomic mass is 32.1. The van der Waals surface area contributed by atoms with Crippen LogP contribution in [0.3, 0.4) is 0 Å². The summed E-state index contributed by atoms with van der Waals surface area (Å²) < 4.78 is 6.97. The van der Waals surface area contributed by atoms with E-state index in [0.29, 0.717) is 24.7 Å². The van der Waals surface area contributed by atoms with E-state index in [0.717, 1.165) is 17.5 Å². The summed E-state index contributed by atoms with van der Waals surface area (Å²) in [5.41, 5.74) is 1.68. The van der Waals surface area contributed by atoms with Gasteiger partial charge >= 0.3 is 0 Å². The maximum absolute atomic E-state index is 12.4. The fourth-order valence-electron chi connectivity index (χ4n) is 2.45. The van der Waals surface area contributed by atoms with Gasteiger partial charge in [-0.1, -0.05) is 31.2 Å². The molecule has 6 nitrogen and oxygen atoms in total. The molecule has 3 rings (SSSR count). The fourth-order valence-corrected chi connectivity index (χ4v) is 3.12. The van der Waals surface area contributed by atoms with Crippen LogP contribution in [0.25, 0.3) is 4.96 Å². The first-order chi connectivity index (χ1) is 12.2. The van der Waals surface area contributed by atoms with Gasteiger partial charge in [0, 0.05) is 30.9 Å². The summed E-state index contributed by atoms with van der Waals surface area (Å²) in [6, 6.07) is 7.78. The Morgan fingerprint density at radius 2 is 2.12 bits per heavy atom. The molecule has 0 fully saturated rings. The molecule has 0 aliphatic carbocycles. The number of ether oxygens (including phenoxy) is 1. The summed E-state index contributed by atoms with van der Waals surface area (Å²) in [6.45, 7) is 3.59. The molecule has 1 amide bonds. The highest BCUT2D eigenvalue weighted by Crippen LogP contribution is 2.11. The number of amides is 1. The Morgan fingerprint density at radius 1 is 1.32 bits per heavy atom. The summed E-state index contributed by atoms with van der Waals surface area (Å²) in [6.07, 6.45) is 3.91. The maximum Gasteiger partial charge on any atom is 0.271 e. The first-order valence-electron chi connectivity index (χ1n) is 8.08. The lowest BCUT2D eigenvalue weighted by Crippen LogP contribution is -2.31. The van der Waals surface area contributed by atoms with E-state index < -0.39 is 5.91 Å². The van der Waals surface area contributed by atoms with Crippen LogP contribution in [0.4, 0.5) is 0 Å². The summed E-state index contributed by atoms with van der Waals surface area (Å²) in [5.74, 6) is -0.428. The number of carbonyl (C=O) groups is 1. The standard InChI is InChI=1S/C18H19N3O3S/c1-2-8-24-12-14-6-4-3-5-13(14)10-19-16(22)15-11-20-18-21(17(15)23)7-9-25-18/h3-7,9,11H,2,8,10,12H2,1H3,(H,19,22). The lowest BCUT2D eigenvalue weighted by Gasteiger charge is -2.11. The minimum Gasteiger partial charge on any atom is -0.377 e. The van der Waals surface area contributed by atoms with Crippen molar-refractivity contribution in [1.29, 1.82) is 0 Å². The first-order valence-corrected chi connectivity index (χ1v) is 8.96. The number of hydrogen-bond donors (Lipinski definition) is 1. The molecule has 0 radical (unpaired) electrons. The van der Waals surface area contributed by atoms with Gasteiger partial charge in [-0.2, -0.15) is 0 Å². The molecule has 3 aromatic rings. The van der Waals surface area contributed by atoms with Crippen LogP contribution in [0.2, 0.25) is 0 Å². The van der Waals surface area contributed by atoms with Gasteiger partial charge in [-0.25, -0.2) is 4.98 Å². The third-order valence-electron chi connectivity index (χ3n) is 3.75. The lowest BCUT2D eigenvalue weighted by atomic mass is 10.1. The third kappa shape index (κ3) is 3.94. The molecule has 0 saturated heterocycles. The predicted octanol–water partition coefficient (Wildman–Crippen LogP) is 2.61. The zero-order valence-corrected chi connectivity index (χ0v) is 14.7. The van der Waals surface area contributed by atoms with Gasteiger partial charge in [0.05, 0.1) is 6.61 Å². The first kappa shape index (κ1) is 17.3. The molecule has 2 aromatic heterocycles. The van der Waals surface area contributed by atoms with E-state index >= 15 is 0 Å². The molecule has 2 heterocycles. The fraction of sp³-hybridized carbons (Fsp3) is 0.278. The van der Waals surface area contributed by atoms with Gasteiger partial charge in [0.25, 0.3) is 11.5 Å². The molecule has 0 aliphatic rings. The molecule has 1 N–H and O–H groups in total. The van der Waals surface area contributed by atoms with Crippen molar-refractivity contribution < 1.29 is 9.53 Å². The van der Waals surface area contributed by atoms with E-state index in [1.165, 1.54) is 21.9 Å².